The van der Waals surface area contributed by atoms with E-state index in [4.69, 9.17) is 4.74 Å². The van der Waals surface area contributed by atoms with Gasteiger partial charge in [0, 0.05) is 12.3 Å². The summed E-state index contributed by atoms with van der Waals surface area (Å²) in [5.74, 6) is 0.894. The highest BCUT2D eigenvalue weighted by Crippen LogP contribution is 2.41. The van der Waals surface area contributed by atoms with Gasteiger partial charge in [0.25, 0.3) is 0 Å². The van der Waals surface area contributed by atoms with Crippen LogP contribution in [0.2, 0.25) is 0 Å². The van der Waals surface area contributed by atoms with E-state index in [-0.39, 0.29) is 11.4 Å². The molecule has 0 saturated carbocycles. The largest absolute Gasteiger partial charge is 0.465 e. The minimum Gasteiger partial charge on any atom is -0.465 e. The maximum atomic E-state index is 10.9. The number of hydrogen-bond donors (Lipinski definition) is 0. The summed E-state index contributed by atoms with van der Waals surface area (Å²) < 4.78 is 5.21. The average molecular weight is 210 g/mol. The van der Waals surface area contributed by atoms with Gasteiger partial charge in [-0.05, 0) is 24.7 Å². The maximum absolute atomic E-state index is 10.9. The second-order valence-electron chi connectivity index (χ2n) is 5.05. The third-order valence-electron chi connectivity index (χ3n) is 3.77. The number of carbonyl (C=O) groups excluding carboxylic acids is 1. The van der Waals surface area contributed by atoms with Gasteiger partial charge in [-0.3, -0.25) is 4.79 Å². The quantitative estimate of drug-likeness (QED) is 0.526. The molecule has 1 aliphatic carbocycles. The first kappa shape index (κ1) is 12.3. The summed E-state index contributed by atoms with van der Waals surface area (Å²) in [6, 6.07) is 0. The SMILES string of the molecule is CC(=O)OC[C@](C)(C(C)C)C1C=CCC1. The molecule has 0 aromatic heterocycles. The highest BCUT2D eigenvalue weighted by Gasteiger charge is 2.37. The van der Waals surface area contributed by atoms with Gasteiger partial charge in [-0.25, -0.2) is 0 Å². The van der Waals surface area contributed by atoms with E-state index in [2.05, 4.69) is 32.9 Å². The summed E-state index contributed by atoms with van der Waals surface area (Å²) in [6.07, 6.45) is 6.87. The molecule has 0 aliphatic heterocycles. The van der Waals surface area contributed by atoms with Crippen molar-refractivity contribution in [2.75, 3.05) is 6.61 Å². The standard InChI is InChI=1S/C13H22O2/c1-10(2)13(4,9-15-11(3)14)12-7-5-6-8-12/h5,7,10,12H,6,8-9H2,1-4H3/t12?,13-/m1/s1. The summed E-state index contributed by atoms with van der Waals surface area (Å²) in [6.45, 7) is 8.65. The van der Waals surface area contributed by atoms with Crippen molar-refractivity contribution in [2.24, 2.45) is 17.3 Å². The zero-order valence-electron chi connectivity index (χ0n) is 10.2. The molecule has 86 valence electrons. The lowest BCUT2D eigenvalue weighted by molar-refractivity contribution is -0.146. The van der Waals surface area contributed by atoms with Crippen molar-refractivity contribution < 1.29 is 9.53 Å². The monoisotopic (exact) mass is 210 g/mol. The average Bonchev–Trinajstić information content (AvgIpc) is 2.66. The predicted molar refractivity (Wildman–Crippen MR) is 61.4 cm³/mol. The molecule has 0 heterocycles. The third-order valence-corrected chi connectivity index (χ3v) is 3.77. The second kappa shape index (κ2) is 4.82. The van der Waals surface area contributed by atoms with Crippen LogP contribution < -0.4 is 0 Å². The number of ether oxygens (including phenoxy) is 1. The van der Waals surface area contributed by atoms with Gasteiger partial charge in [0.1, 0.15) is 0 Å². The van der Waals surface area contributed by atoms with Gasteiger partial charge >= 0.3 is 5.97 Å². The van der Waals surface area contributed by atoms with E-state index in [1.165, 1.54) is 13.3 Å². The third kappa shape index (κ3) is 2.83. The van der Waals surface area contributed by atoms with E-state index < -0.39 is 0 Å². The van der Waals surface area contributed by atoms with Crippen LogP contribution in [0, 0.1) is 17.3 Å². The van der Waals surface area contributed by atoms with Crippen LogP contribution in [0.1, 0.15) is 40.5 Å². The molecule has 0 aromatic carbocycles. The fraction of sp³-hybridized carbons (Fsp3) is 0.769. The Labute approximate surface area is 92.7 Å². The van der Waals surface area contributed by atoms with Crippen LogP contribution in [0.4, 0.5) is 0 Å². The van der Waals surface area contributed by atoms with E-state index in [9.17, 15) is 4.79 Å². The Kier molecular flexibility index (Phi) is 3.95. The van der Waals surface area contributed by atoms with Crippen LogP contribution in [0.3, 0.4) is 0 Å². The van der Waals surface area contributed by atoms with Crippen LogP contribution in [0.15, 0.2) is 12.2 Å². The highest BCUT2D eigenvalue weighted by molar-refractivity contribution is 5.65. The van der Waals surface area contributed by atoms with Crippen molar-refractivity contribution >= 4 is 5.97 Å². The van der Waals surface area contributed by atoms with Crippen LogP contribution in [0.25, 0.3) is 0 Å². The van der Waals surface area contributed by atoms with Gasteiger partial charge in [-0.15, -0.1) is 0 Å². The Balaban J connectivity index is 2.68. The number of allylic oxidation sites excluding steroid dienone is 2. The Hall–Kier alpha value is -0.790. The van der Waals surface area contributed by atoms with Crippen molar-refractivity contribution in [2.45, 2.75) is 40.5 Å². The van der Waals surface area contributed by atoms with Crippen molar-refractivity contribution in [3.05, 3.63) is 12.2 Å². The van der Waals surface area contributed by atoms with Crippen molar-refractivity contribution in [3.8, 4) is 0 Å². The van der Waals surface area contributed by atoms with Gasteiger partial charge in [-0.1, -0.05) is 32.9 Å². The van der Waals surface area contributed by atoms with Crippen molar-refractivity contribution in [3.63, 3.8) is 0 Å². The zero-order chi connectivity index (χ0) is 11.5. The van der Waals surface area contributed by atoms with Crippen LogP contribution in [-0.2, 0) is 9.53 Å². The van der Waals surface area contributed by atoms with Gasteiger partial charge in [-0.2, -0.15) is 0 Å². The normalized spacial score (nSPS) is 24.2. The summed E-state index contributed by atoms with van der Waals surface area (Å²) >= 11 is 0. The van der Waals surface area contributed by atoms with Crippen LogP contribution in [0.5, 0.6) is 0 Å². The lowest BCUT2D eigenvalue weighted by atomic mass is 9.69. The zero-order valence-corrected chi connectivity index (χ0v) is 10.2. The van der Waals surface area contributed by atoms with Gasteiger partial charge in [0.05, 0.1) is 6.61 Å². The number of esters is 1. The molecule has 0 saturated heterocycles. The molecule has 1 rings (SSSR count). The summed E-state index contributed by atoms with van der Waals surface area (Å²) in [7, 11) is 0. The molecule has 2 atom stereocenters. The smallest absolute Gasteiger partial charge is 0.302 e. The lowest BCUT2D eigenvalue weighted by Crippen LogP contribution is -2.36. The summed E-state index contributed by atoms with van der Waals surface area (Å²) in [4.78, 5) is 10.9. The first-order valence-electron chi connectivity index (χ1n) is 5.77. The molecule has 0 amide bonds. The Morgan fingerprint density at radius 2 is 2.27 bits per heavy atom. The van der Waals surface area contributed by atoms with E-state index in [0.29, 0.717) is 18.4 Å². The highest BCUT2D eigenvalue weighted by atomic mass is 16.5. The fourth-order valence-electron chi connectivity index (χ4n) is 2.14. The molecule has 0 spiro atoms. The van der Waals surface area contributed by atoms with Gasteiger partial charge < -0.3 is 4.74 Å². The second-order valence-corrected chi connectivity index (χ2v) is 5.05. The predicted octanol–water partition coefficient (Wildman–Crippen LogP) is 3.18. The molecular formula is C13H22O2. The lowest BCUT2D eigenvalue weighted by Gasteiger charge is -2.38. The fourth-order valence-corrected chi connectivity index (χ4v) is 2.14. The topological polar surface area (TPSA) is 26.3 Å². The minimum atomic E-state index is -0.177. The number of rotatable bonds is 4. The molecular weight excluding hydrogens is 188 g/mol. The molecule has 1 aliphatic rings. The van der Waals surface area contributed by atoms with Crippen molar-refractivity contribution in [1.29, 1.82) is 0 Å². The maximum Gasteiger partial charge on any atom is 0.302 e. The molecule has 0 bridgehead atoms. The van der Waals surface area contributed by atoms with E-state index >= 15 is 0 Å². The van der Waals surface area contributed by atoms with E-state index in [1.807, 2.05) is 0 Å². The molecule has 0 fully saturated rings. The van der Waals surface area contributed by atoms with Crippen LogP contribution >= 0.6 is 0 Å². The Bertz CT molecular complexity index is 255. The Morgan fingerprint density at radius 1 is 1.60 bits per heavy atom. The van der Waals surface area contributed by atoms with Gasteiger partial charge in [0.15, 0.2) is 0 Å². The van der Waals surface area contributed by atoms with Gasteiger partial charge in [0.2, 0.25) is 0 Å². The first-order chi connectivity index (χ1) is 6.97. The molecule has 1 unspecified atom stereocenters. The molecule has 0 N–H and O–H groups in total. The molecule has 0 radical (unpaired) electrons. The molecule has 15 heavy (non-hydrogen) atoms. The van der Waals surface area contributed by atoms with Crippen LogP contribution in [-0.4, -0.2) is 12.6 Å². The van der Waals surface area contributed by atoms with E-state index in [0.717, 1.165) is 6.42 Å². The number of hydrogen-bond acceptors (Lipinski definition) is 2. The number of carbonyl (C=O) groups is 1. The van der Waals surface area contributed by atoms with E-state index in [1.54, 1.807) is 0 Å². The summed E-state index contributed by atoms with van der Waals surface area (Å²) in [5, 5.41) is 0. The Morgan fingerprint density at radius 3 is 2.67 bits per heavy atom. The first-order valence-corrected chi connectivity index (χ1v) is 5.77. The summed E-state index contributed by atoms with van der Waals surface area (Å²) in [5.41, 5.74) is 0.0820. The minimum absolute atomic E-state index is 0.0820. The molecule has 2 heteroatoms. The molecule has 2 nitrogen and oxygen atoms in total. The molecule has 0 aromatic rings. The van der Waals surface area contributed by atoms with Crippen molar-refractivity contribution in [1.82, 2.24) is 0 Å².